The van der Waals surface area contributed by atoms with Crippen molar-refractivity contribution in [3.05, 3.63) is 78.6 Å². The van der Waals surface area contributed by atoms with Crippen LogP contribution in [0, 0.1) is 0 Å². The van der Waals surface area contributed by atoms with E-state index in [0.717, 1.165) is 33.5 Å². The minimum atomic E-state index is 0.661. The summed E-state index contributed by atoms with van der Waals surface area (Å²) in [5.74, 6) is 1.55. The van der Waals surface area contributed by atoms with Gasteiger partial charge in [0.2, 0.25) is 0 Å². The molecule has 2 aromatic carbocycles. The van der Waals surface area contributed by atoms with Gasteiger partial charge in [-0.1, -0.05) is 18.2 Å². The van der Waals surface area contributed by atoms with Gasteiger partial charge in [-0.2, -0.15) is 0 Å². The topological polar surface area (TPSA) is 53.9 Å². The van der Waals surface area contributed by atoms with Gasteiger partial charge < -0.3 is 10.2 Å². The Morgan fingerprint density at radius 3 is 2.44 bits per heavy atom. The molecule has 5 nitrogen and oxygen atoms in total. The predicted molar refractivity (Wildman–Crippen MR) is 111 cm³/mol. The third-order valence-corrected chi connectivity index (χ3v) is 4.43. The van der Waals surface area contributed by atoms with Crippen molar-refractivity contribution in [2.45, 2.75) is 6.54 Å². The molecule has 2 aromatic heterocycles. The van der Waals surface area contributed by atoms with Gasteiger partial charge in [0.05, 0.1) is 5.52 Å². The molecule has 5 heteroatoms. The molecule has 27 heavy (non-hydrogen) atoms. The highest BCUT2D eigenvalue weighted by molar-refractivity contribution is 5.90. The van der Waals surface area contributed by atoms with Gasteiger partial charge in [0.25, 0.3) is 0 Å². The number of pyridine rings is 1. The Labute approximate surface area is 158 Å². The van der Waals surface area contributed by atoms with Gasteiger partial charge >= 0.3 is 0 Å². The molecule has 0 spiro atoms. The van der Waals surface area contributed by atoms with E-state index in [2.05, 4.69) is 39.5 Å². The Morgan fingerprint density at radius 1 is 0.889 bits per heavy atom. The second-order valence-electron chi connectivity index (χ2n) is 6.57. The zero-order valence-electron chi connectivity index (χ0n) is 15.4. The molecule has 0 aliphatic rings. The molecule has 0 amide bonds. The van der Waals surface area contributed by atoms with Crippen molar-refractivity contribution in [2.75, 3.05) is 24.3 Å². The van der Waals surface area contributed by atoms with Crippen molar-refractivity contribution >= 4 is 22.4 Å². The largest absolute Gasteiger partial charge is 0.378 e. The van der Waals surface area contributed by atoms with Crippen molar-refractivity contribution in [1.82, 2.24) is 15.0 Å². The second kappa shape index (κ2) is 7.41. The standard InChI is InChI=1S/C22H21N5/c1-27(2)18-11-9-17(10-12-18)21-25-20-8-4-3-7-19(20)22(26-21)24-15-16-6-5-13-23-14-16/h3-14H,15H2,1-2H3,(H,24,25,26). The van der Waals surface area contributed by atoms with E-state index in [1.807, 2.05) is 56.7 Å². The lowest BCUT2D eigenvalue weighted by molar-refractivity contribution is 1.08. The summed E-state index contributed by atoms with van der Waals surface area (Å²) in [5, 5.41) is 4.45. The minimum Gasteiger partial charge on any atom is -0.378 e. The van der Waals surface area contributed by atoms with Crippen LogP contribution in [0.15, 0.2) is 73.1 Å². The number of hydrogen-bond donors (Lipinski definition) is 1. The van der Waals surface area contributed by atoms with E-state index >= 15 is 0 Å². The van der Waals surface area contributed by atoms with Crippen molar-refractivity contribution in [3.63, 3.8) is 0 Å². The average Bonchev–Trinajstić information content (AvgIpc) is 2.72. The summed E-state index contributed by atoms with van der Waals surface area (Å²) in [4.78, 5) is 15.8. The van der Waals surface area contributed by atoms with E-state index in [-0.39, 0.29) is 0 Å². The third kappa shape index (κ3) is 3.72. The fourth-order valence-electron chi connectivity index (χ4n) is 2.94. The maximum absolute atomic E-state index is 4.80. The third-order valence-electron chi connectivity index (χ3n) is 4.43. The Hall–Kier alpha value is -3.47. The number of hydrogen-bond acceptors (Lipinski definition) is 5. The lowest BCUT2D eigenvalue weighted by Crippen LogP contribution is -2.08. The number of aromatic nitrogens is 3. The van der Waals surface area contributed by atoms with Crippen LogP contribution < -0.4 is 10.2 Å². The maximum atomic E-state index is 4.80. The predicted octanol–water partition coefficient (Wildman–Crippen LogP) is 4.37. The van der Waals surface area contributed by atoms with Gasteiger partial charge in [-0.05, 0) is 48.0 Å². The zero-order valence-corrected chi connectivity index (χ0v) is 15.4. The van der Waals surface area contributed by atoms with Crippen molar-refractivity contribution in [2.24, 2.45) is 0 Å². The minimum absolute atomic E-state index is 0.661. The number of benzene rings is 2. The van der Waals surface area contributed by atoms with E-state index in [0.29, 0.717) is 12.4 Å². The highest BCUT2D eigenvalue weighted by atomic mass is 15.1. The molecule has 0 fully saturated rings. The number of nitrogens with one attached hydrogen (secondary N) is 1. The molecule has 134 valence electrons. The lowest BCUT2D eigenvalue weighted by atomic mass is 10.1. The smallest absolute Gasteiger partial charge is 0.162 e. The van der Waals surface area contributed by atoms with Crippen LogP contribution in [0.1, 0.15) is 5.56 Å². The Morgan fingerprint density at radius 2 is 1.70 bits per heavy atom. The highest BCUT2D eigenvalue weighted by Gasteiger charge is 2.09. The first-order valence-corrected chi connectivity index (χ1v) is 8.88. The first kappa shape index (κ1) is 17.0. The van der Waals surface area contributed by atoms with Crippen molar-refractivity contribution < 1.29 is 0 Å². The lowest BCUT2D eigenvalue weighted by Gasteiger charge is -2.13. The molecular formula is C22H21N5. The van der Waals surface area contributed by atoms with Crippen LogP contribution >= 0.6 is 0 Å². The van der Waals surface area contributed by atoms with E-state index in [4.69, 9.17) is 9.97 Å². The molecule has 0 bridgehead atoms. The number of nitrogens with zero attached hydrogens (tertiary/aromatic N) is 4. The highest BCUT2D eigenvalue weighted by Crippen LogP contribution is 2.26. The number of para-hydroxylation sites is 1. The molecule has 1 N–H and O–H groups in total. The van der Waals surface area contributed by atoms with Gasteiger partial charge in [-0.3, -0.25) is 4.98 Å². The summed E-state index contributed by atoms with van der Waals surface area (Å²) in [6, 6.07) is 20.3. The monoisotopic (exact) mass is 355 g/mol. The van der Waals surface area contributed by atoms with Crippen LogP contribution in [-0.4, -0.2) is 29.0 Å². The molecule has 0 unspecified atom stereocenters. The maximum Gasteiger partial charge on any atom is 0.162 e. The normalized spacial score (nSPS) is 10.7. The van der Waals surface area contributed by atoms with Crippen LogP contribution in [-0.2, 0) is 6.54 Å². The fourth-order valence-corrected chi connectivity index (χ4v) is 2.94. The summed E-state index contributed by atoms with van der Waals surface area (Å²) in [7, 11) is 4.06. The van der Waals surface area contributed by atoms with Crippen molar-refractivity contribution in [3.8, 4) is 11.4 Å². The molecule has 0 atom stereocenters. The summed E-state index contributed by atoms with van der Waals surface area (Å²) < 4.78 is 0. The van der Waals surface area contributed by atoms with Gasteiger partial charge in [0.1, 0.15) is 5.82 Å². The molecule has 0 aliphatic heterocycles. The summed E-state index contributed by atoms with van der Waals surface area (Å²) in [6.45, 7) is 0.661. The molecule has 0 saturated heterocycles. The first-order chi connectivity index (χ1) is 13.2. The number of rotatable bonds is 5. The second-order valence-corrected chi connectivity index (χ2v) is 6.57. The van der Waals surface area contributed by atoms with Crippen LogP contribution in [0.5, 0.6) is 0 Å². The average molecular weight is 355 g/mol. The van der Waals surface area contributed by atoms with Gasteiger partial charge in [0, 0.05) is 49.7 Å². The van der Waals surface area contributed by atoms with E-state index in [1.54, 1.807) is 6.20 Å². The fraction of sp³-hybridized carbons (Fsp3) is 0.136. The summed E-state index contributed by atoms with van der Waals surface area (Å²) in [5.41, 5.74) is 4.18. The quantitative estimate of drug-likeness (QED) is 0.576. The zero-order chi connectivity index (χ0) is 18.6. The van der Waals surface area contributed by atoms with Crippen LogP contribution in [0.3, 0.4) is 0 Å². The van der Waals surface area contributed by atoms with Crippen LogP contribution in [0.25, 0.3) is 22.3 Å². The summed E-state index contributed by atoms with van der Waals surface area (Å²) >= 11 is 0. The van der Waals surface area contributed by atoms with E-state index in [1.165, 1.54) is 0 Å². The van der Waals surface area contributed by atoms with Crippen molar-refractivity contribution in [1.29, 1.82) is 0 Å². The Kier molecular flexibility index (Phi) is 4.66. The van der Waals surface area contributed by atoms with E-state index in [9.17, 15) is 0 Å². The summed E-state index contributed by atoms with van der Waals surface area (Å²) in [6.07, 6.45) is 3.64. The Balaban J connectivity index is 1.71. The molecule has 0 aliphatic carbocycles. The van der Waals surface area contributed by atoms with Gasteiger partial charge in [-0.25, -0.2) is 9.97 Å². The first-order valence-electron chi connectivity index (χ1n) is 8.88. The molecule has 0 radical (unpaired) electrons. The van der Waals surface area contributed by atoms with Crippen LogP contribution in [0.4, 0.5) is 11.5 Å². The van der Waals surface area contributed by atoms with E-state index < -0.39 is 0 Å². The molecule has 2 heterocycles. The SMILES string of the molecule is CN(C)c1ccc(-c2nc(NCc3cccnc3)c3ccccc3n2)cc1. The number of anilines is 2. The number of fused-ring (bicyclic) bond motifs is 1. The van der Waals surface area contributed by atoms with Gasteiger partial charge in [0.15, 0.2) is 5.82 Å². The van der Waals surface area contributed by atoms with Gasteiger partial charge in [-0.15, -0.1) is 0 Å². The van der Waals surface area contributed by atoms with Crippen LogP contribution in [0.2, 0.25) is 0 Å². The molecule has 4 aromatic rings. The Bertz CT molecular complexity index is 1040. The molecule has 4 rings (SSSR count). The molecule has 0 saturated carbocycles. The molecular weight excluding hydrogens is 334 g/mol.